The molecule has 0 bridgehead atoms. The second-order valence-corrected chi connectivity index (χ2v) is 10.5. The molecule has 0 spiro atoms. The predicted octanol–water partition coefficient (Wildman–Crippen LogP) is 4.83. The van der Waals surface area contributed by atoms with E-state index in [2.05, 4.69) is 26.8 Å². The molecule has 3 rings (SSSR count). The smallest absolute Gasteiger partial charge is 0.243 e. The zero-order valence-electron chi connectivity index (χ0n) is 16.9. The van der Waals surface area contributed by atoms with E-state index < -0.39 is 10.0 Å². The number of hydrogen-bond acceptors (Lipinski definition) is 3. The average Bonchev–Trinajstić information content (AvgIpc) is 2.62. The van der Waals surface area contributed by atoms with Crippen molar-refractivity contribution in [2.45, 2.75) is 70.2 Å². The summed E-state index contributed by atoms with van der Waals surface area (Å²) in [7, 11) is -3.52. The first-order chi connectivity index (χ1) is 12.8. The minimum absolute atomic E-state index is 0.118. The molecule has 0 aliphatic heterocycles. The normalized spacial score (nSPS) is 27.6. The first kappa shape index (κ1) is 20.4. The topological polar surface area (TPSA) is 63.4 Å². The molecule has 0 aromatic heterocycles. The maximum absolute atomic E-state index is 13.6. The SMILES string of the molecule is CC1=CC(C)C(CN(C2CCCCC2)S(=O)(=O)c2ccc(N)cc2)C(C)C1. The largest absolute Gasteiger partial charge is 0.399 e. The summed E-state index contributed by atoms with van der Waals surface area (Å²) < 4.78 is 29.0. The summed E-state index contributed by atoms with van der Waals surface area (Å²) in [5.74, 6) is 1.26. The highest BCUT2D eigenvalue weighted by Crippen LogP contribution is 2.37. The van der Waals surface area contributed by atoms with E-state index in [1.807, 2.05) is 4.31 Å². The third-order valence-corrected chi connectivity index (χ3v) is 8.39. The molecule has 1 aromatic rings. The molecule has 150 valence electrons. The van der Waals surface area contributed by atoms with Gasteiger partial charge in [-0.1, -0.05) is 44.8 Å². The van der Waals surface area contributed by atoms with E-state index in [0.29, 0.717) is 34.9 Å². The van der Waals surface area contributed by atoms with Crippen LogP contribution in [-0.4, -0.2) is 25.3 Å². The van der Waals surface area contributed by atoms with Crippen molar-refractivity contribution in [3.8, 4) is 0 Å². The van der Waals surface area contributed by atoms with Gasteiger partial charge in [0.25, 0.3) is 0 Å². The second kappa shape index (κ2) is 8.36. The number of allylic oxidation sites excluding steroid dienone is 2. The fraction of sp³-hybridized carbons (Fsp3) is 0.636. The number of benzene rings is 1. The maximum atomic E-state index is 13.6. The van der Waals surface area contributed by atoms with Crippen molar-refractivity contribution < 1.29 is 8.42 Å². The summed E-state index contributed by atoms with van der Waals surface area (Å²) in [6.07, 6.45) is 8.79. The van der Waals surface area contributed by atoms with E-state index in [1.165, 1.54) is 12.0 Å². The van der Waals surface area contributed by atoms with E-state index in [0.717, 1.165) is 32.1 Å². The Morgan fingerprint density at radius 1 is 1.07 bits per heavy atom. The molecule has 27 heavy (non-hydrogen) atoms. The van der Waals surface area contributed by atoms with Gasteiger partial charge in [-0.2, -0.15) is 4.31 Å². The Morgan fingerprint density at radius 3 is 2.30 bits per heavy atom. The summed E-state index contributed by atoms with van der Waals surface area (Å²) in [5, 5.41) is 0. The molecule has 3 unspecified atom stereocenters. The molecular weight excluding hydrogens is 356 g/mol. The van der Waals surface area contributed by atoms with Gasteiger partial charge >= 0.3 is 0 Å². The van der Waals surface area contributed by atoms with Crippen LogP contribution < -0.4 is 5.73 Å². The van der Waals surface area contributed by atoms with Crippen molar-refractivity contribution in [2.24, 2.45) is 17.8 Å². The van der Waals surface area contributed by atoms with Gasteiger partial charge in [-0.15, -0.1) is 0 Å². The van der Waals surface area contributed by atoms with Gasteiger partial charge in [0, 0.05) is 18.3 Å². The van der Waals surface area contributed by atoms with Crippen molar-refractivity contribution in [1.29, 1.82) is 0 Å². The molecule has 2 N–H and O–H groups in total. The second-order valence-electron chi connectivity index (χ2n) is 8.65. The van der Waals surface area contributed by atoms with Crippen LogP contribution in [0.15, 0.2) is 40.8 Å². The summed E-state index contributed by atoms with van der Waals surface area (Å²) in [6.45, 7) is 7.31. The molecular formula is C22H34N2O2S. The first-order valence-electron chi connectivity index (χ1n) is 10.3. The quantitative estimate of drug-likeness (QED) is 0.578. The van der Waals surface area contributed by atoms with Crippen molar-refractivity contribution in [2.75, 3.05) is 12.3 Å². The van der Waals surface area contributed by atoms with E-state index in [-0.39, 0.29) is 6.04 Å². The highest BCUT2D eigenvalue weighted by molar-refractivity contribution is 7.89. The van der Waals surface area contributed by atoms with Crippen LogP contribution in [0.25, 0.3) is 0 Å². The molecule has 1 aromatic carbocycles. The lowest BCUT2D eigenvalue weighted by Gasteiger charge is -2.40. The molecule has 0 heterocycles. The van der Waals surface area contributed by atoms with Crippen LogP contribution in [0, 0.1) is 17.8 Å². The van der Waals surface area contributed by atoms with E-state index in [4.69, 9.17) is 5.73 Å². The summed E-state index contributed by atoms with van der Waals surface area (Å²) in [6, 6.07) is 6.79. The Balaban J connectivity index is 1.92. The van der Waals surface area contributed by atoms with Crippen LogP contribution in [0.4, 0.5) is 5.69 Å². The van der Waals surface area contributed by atoms with Crippen LogP contribution >= 0.6 is 0 Å². The molecule has 4 nitrogen and oxygen atoms in total. The number of hydrogen-bond donors (Lipinski definition) is 1. The standard InChI is InChI=1S/C22H34N2O2S/c1-16-13-17(2)22(18(3)14-16)15-24(20-7-5-4-6-8-20)27(25,26)21-11-9-19(23)10-12-21/h9-13,17-18,20,22H,4-8,14-15,23H2,1-3H3. The summed E-state index contributed by atoms with van der Waals surface area (Å²) in [5.41, 5.74) is 7.79. The van der Waals surface area contributed by atoms with E-state index in [1.54, 1.807) is 24.3 Å². The van der Waals surface area contributed by atoms with Gasteiger partial charge in [-0.05, 0) is 68.2 Å². The lowest BCUT2D eigenvalue weighted by molar-refractivity contribution is 0.170. The molecule has 5 heteroatoms. The third-order valence-electron chi connectivity index (χ3n) is 6.46. The Kier molecular flexibility index (Phi) is 6.32. The lowest BCUT2D eigenvalue weighted by Crippen LogP contribution is -2.46. The van der Waals surface area contributed by atoms with Gasteiger partial charge in [0.2, 0.25) is 10.0 Å². The highest BCUT2D eigenvalue weighted by Gasteiger charge is 2.37. The van der Waals surface area contributed by atoms with Crippen LogP contribution in [0.3, 0.4) is 0 Å². The first-order valence-corrected chi connectivity index (χ1v) is 11.8. The number of anilines is 1. The number of rotatable bonds is 5. The van der Waals surface area contributed by atoms with Crippen LogP contribution in [0.1, 0.15) is 59.3 Å². The third kappa shape index (κ3) is 4.57. The zero-order chi connectivity index (χ0) is 19.6. The number of nitrogens with zero attached hydrogens (tertiary/aromatic N) is 1. The molecule has 0 saturated heterocycles. The maximum Gasteiger partial charge on any atom is 0.243 e. The molecule has 2 aliphatic carbocycles. The number of sulfonamides is 1. The minimum atomic E-state index is -3.52. The van der Waals surface area contributed by atoms with Gasteiger partial charge in [0.1, 0.15) is 0 Å². The molecule has 2 aliphatic rings. The summed E-state index contributed by atoms with van der Waals surface area (Å²) in [4.78, 5) is 0.366. The number of nitrogens with two attached hydrogens (primary N) is 1. The number of nitrogen functional groups attached to an aromatic ring is 1. The minimum Gasteiger partial charge on any atom is -0.399 e. The Hall–Kier alpha value is -1.33. The van der Waals surface area contributed by atoms with Crippen molar-refractivity contribution in [1.82, 2.24) is 4.31 Å². The Morgan fingerprint density at radius 2 is 1.70 bits per heavy atom. The van der Waals surface area contributed by atoms with Crippen LogP contribution in [0.5, 0.6) is 0 Å². The van der Waals surface area contributed by atoms with Crippen molar-refractivity contribution >= 4 is 15.7 Å². The Labute approximate surface area is 164 Å². The zero-order valence-corrected chi connectivity index (χ0v) is 17.7. The summed E-state index contributed by atoms with van der Waals surface area (Å²) >= 11 is 0. The monoisotopic (exact) mass is 390 g/mol. The predicted molar refractivity (Wildman–Crippen MR) is 112 cm³/mol. The van der Waals surface area contributed by atoms with Crippen LogP contribution in [0.2, 0.25) is 0 Å². The van der Waals surface area contributed by atoms with Gasteiger partial charge in [0.15, 0.2) is 0 Å². The van der Waals surface area contributed by atoms with Gasteiger partial charge in [0.05, 0.1) is 4.90 Å². The lowest BCUT2D eigenvalue weighted by atomic mass is 9.75. The van der Waals surface area contributed by atoms with Crippen LogP contribution in [-0.2, 0) is 10.0 Å². The van der Waals surface area contributed by atoms with Gasteiger partial charge < -0.3 is 5.73 Å². The van der Waals surface area contributed by atoms with Crippen molar-refractivity contribution in [3.63, 3.8) is 0 Å². The van der Waals surface area contributed by atoms with Gasteiger partial charge in [-0.3, -0.25) is 0 Å². The molecule has 3 atom stereocenters. The van der Waals surface area contributed by atoms with E-state index in [9.17, 15) is 8.42 Å². The molecule has 0 amide bonds. The van der Waals surface area contributed by atoms with Crippen molar-refractivity contribution in [3.05, 3.63) is 35.9 Å². The molecule has 0 radical (unpaired) electrons. The Bertz CT molecular complexity index is 764. The highest BCUT2D eigenvalue weighted by atomic mass is 32.2. The fourth-order valence-electron chi connectivity index (χ4n) is 4.96. The van der Waals surface area contributed by atoms with E-state index >= 15 is 0 Å². The molecule has 1 saturated carbocycles. The molecule has 1 fully saturated rings. The fourth-order valence-corrected chi connectivity index (χ4v) is 6.68. The van der Waals surface area contributed by atoms with Gasteiger partial charge in [-0.25, -0.2) is 8.42 Å². The average molecular weight is 391 g/mol.